The number of nitrogens with zero attached hydrogens (tertiary/aromatic N) is 1. The quantitative estimate of drug-likeness (QED) is 0.158. The van der Waals surface area contributed by atoms with Gasteiger partial charge in [-0.1, -0.05) is 84.9 Å². The second-order valence-corrected chi connectivity index (χ2v) is 9.83. The molecule has 0 aliphatic heterocycles. The predicted molar refractivity (Wildman–Crippen MR) is 164 cm³/mol. The molecule has 1 heterocycles. The van der Waals surface area contributed by atoms with Crippen molar-refractivity contribution in [1.29, 1.82) is 0 Å². The lowest BCUT2D eigenvalue weighted by Crippen LogP contribution is -2.48. The number of rotatable bonds is 10. The summed E-state index contributed by atoms with van der Waals surface area (Å²) in [6.45, 7) is 3.27. The molecule has 1 amide bonds. The topological polar surface area (TPSA) is 107 Å². The Bertz CT molecular complexity index is 1740. The normalized spacial score (nSPS) is 11.2. The van der Waals surface area contributed by atoms with Gasteiger partial charge in [-0.05, 0) is 43.7 Å². The van der Waals surface area contributed by atoms with Crippen molar-refractivity contribution in [3.8, 4) is 11.1 Å². The van der Waals surface area contributed by atoms with Crippen LogP contribution in [-0.2, 0) is 31.2 Å². The summed E-state index contributed by atoms with van der Waals surface area (Å²) in [4.78, 5) is 40.5. The van der Waals surface area contributed by atoms with Crippen LogP contribution in [-0.4, -0.2) is 40.7 Å². The van der Waals surface area contributed by atoms with Crippen LogP contribution in [0.2, 0.25) is 0 Å². The lowest BCUT2D eigenvalue weighted by molar-refractivity contribution is -0.185. The van der Waals surface area contributed by atoms with Gasteiger partial charge in [0.25, 0.3) is 5.91 Å². The van der Waals surface area contributed by atoms with Crippen LogP contribution in [0.5, 0.6) is 0 Å². The van der Waals surface area contributed by atoms with Gasteiger partial charge >= 0.3 is 17.5 Å². The number of hydrogen-bond donors (Lipinski definition) is 2. The molecule has 0 aliphatic carbocycles. The van der Waals surface area contributed by atoms with Crippen molar-refractivity contribution in [3.63, 3.8) is 0 Å². The zero-order valence-electron chi connectivity index (χ0n) is 23.9. The number of aromatic nitrogens is 1. The van der Waals surface area contributed by atoms with Crippen LogP contribution in [0, 0.1) is 0 Å². The molecule has 1 aromatic heterocycles. The molecule has 0 spiro atoms. The minimum absolute atomic E-state index is 0.0177. The van der Waals surface area contributed by atoms with E-state index in [2.05, 4.69) is 5.32 Å². The van der Waals surface area contributed by atoms with Crippen molar-refractivity contribution < 1.29 is 29.0 Å². The van der Waals surface area contributed by atoms with Gasteiger partial charge in [-0.15, -0.1) is 0 Å². The van der Waals surface area contributed by atoms with Crippen LogP contribution in [0.4, 0.5) is 5.69 Å². The smallest absolute Gasteiger partial charge is 0.356 e. The zero-order valence-corrected chi connectivity index (χ0v) is 23.9. The third kappa shape index (κ3) is 5.65. The van der Waals surface area contributed by atoms with E-state index < -0.39 is 17.5 Å². The van der Waals surface area contributed by atoms with Crippen molar-refractivity contribution in [2.75, 3.05) is 18.5 Å². The lowest BCUT2D eigenvalue weighted by atomic mass is 9.90. The molecule has 0 radical (unpaired) electrons. The van der Waals surface area contributed by atoms with Gasteiger partial charge in [0.15, 0.2) is 0 Å². The molecule has 0 saturated heterocycles. The third-order valence-electron chi connectivity index (χ3n) is 7.12. The molecule has 4 aromatic carbocycles. The first kappa shape index (κ1) is 29.3. The van der Waals surface area contributed by atoms with E-state index in [0.717, 1.165) is 5.56 Å². The number of benzene rings is 4. The van der Waals surface area contributed by atoms with Gasteiger partial charge in [-0.25, -0.2) is 9.59 Å². The molecule has 0 unspecified atom stereocenters. The number of fused-ring (bicyclic) bond motifs is 1. The summed E-state index contributed by atoms with van der Waals surface area (Å²) >= 11 is 0. The van der Waals surface area contributed by atoms with Gasteiger partial charge in [0.05, 0.1) is 18.9 Å². The van der Waals surface area contributed by atoms with E-state index in [-0.39, 0.29) is 31.4 Å². The Hall–Kier alpha value is -5.21. The third-order valence-corrected chi connectivity index (χ3v) is 7.12. The number of carbonyl (C=O) groups is 3. The van der Waals surface area contributed by atoms with Crippen LogP contribution in [0.15, 0.2) is 109 Å². The van der Waals surface area contributed by atoms with Gasteiger partial charge in [0, 0.05) is 39.8 Å². The molecule has 8 heteroatoms. The predicted octanol–water partition coefficient (Wildman–Crippen LogP) is 5.92. The molecule has 0 aliphatic rings. The summed E-state index contributed by atoms with van der Waals surface area (Å²) in [5, 5.41) is 15.9. The fourth-order valence-corrected chi connectivity index (χ4v) is 5.22. The van der Waals surface area contributed by atoms with Gasteiger partial charge < -0.3 is 24.5 Å². The number of carbonyl (C=O) groups excluding carboxylic acids is 3. The lowest BCUT2D eigenvalue weighted by Gasteiger charge is -2.27. The second-order valence-electron chi connectivity index (χ2n) is 9.83. The average Bonchev–Trinajstić information content (AvgIpc) is 3.36. The van der Waals surface area contributed by atoms with E-state index >= 15 is 0 Å². The Morgan fingerprint density at radius 2 is 1.30 bits per heavy atom. The summed E-state index contributed by atoms with van der Waals surface area (Å²) in [7, 11) is 0. The number of amides is 1. The van der Waals surface area contributed by atoms with Crippen LogP contribution in [0.3, 0.4) is 0 Å². The van der Waals surface area contributed by atoms with Gasteiger partial charge in [0.1, 0.15) is 0 Å². The van der Waals surface area contributed by atoms with E-state index in [1.807, 2.05) is 60.7 Å². The summed E-state index contributed by atoms with van der Waals surface area (Å²) < 4.78 is 12.3. The molecule has 0 atom stereocenters. The number of para-hydroxylation sites is 2. The van der Waals surface area contributed by atoms with E-state index in [0.29, 0.717) is 33.3 Å². The maximum absolute atomic E-state index is 13.6. The Morgan fingerprint density at radius 3 is 1.95 bits per heavy atom. The highest BCUT2D eigenvalue weighted by Gasteiger charge is 2.53. The van der Waals surface area contributed by atoms with E-state index in [1.165, 1.54) is 0 Å². The first-order valence-corrected chi connectivity index (χ1v) is 14.1. The van der Waals surface area contributed by atoms with Crippen molar-refractivity contribution in [2.45, 2.75) is 26.0 Å². The molecule has 5 aromatic rings. The molecule has 5 rings (SSSR count). The zero-order chi connectivity index (χ0) is 30.4. The number of ether oxygens (including phenoxy) is 2. The van der Waals surface area contributed by atoms with E-state index in [1.54, 1.807) is 66.9 Å². The molecule has 218 valence electrons. The first-order valence-electron chi connectivity index (χ1n) is 14.1. The van der Waals surface area contributed by atoms with E-state index in [4.69, 9.17) is 9.47 Å². The first-order chi connectivity index (χ1) is 20.9. The largest absolute Gasteiger partial charge is 0.463 e. The van der Waals surface area contributed by atoms with E-state index in [9.17, 15) is 19.5 Å². The molecule has 8 nitrogen and oxygen atoms in total. The fourth-order valence-electron chi connectivity index (χ4n) is 5.22. The Kier molecular flexibility index (Phi) is 8.69. The van der Waals surface area contributed by atoms with Gasteiger partial charge in [0.2, 0.25) is 0 Å². The maximum Gasteiger partial charge on any atom is 0.356 e. The molecular weight excluding hydrogens is 544 g/mol. The minimum atomic E-state index is -2.83. The summed E-state index contributed by atoms with van der Waals surface area (Å²) in [6, 6.07) is 32.7. The molecular formula is C35H32N2O6. The molecule has 43 heavy (non-hydrogen) atoms. The van der Waals surface area contributed by atoms with Crippen molar-refractivity contribution in [2.24, 2.45) is 0 Å². The van der Waals surface area contributed by atoms with Crippen molar-refractivity contribution >= 4 is 34.4 Å². The van der Waals surface area contributed by atoms with Crippen LogP contribution in [0.25, 0.3) is 22.0 Å². The van der Waals surface area contributed by atoms with Crippen LogP contribution in [0.1, 0.15) is 35.5 Å². The summed E-state index contributed by atoms with van der Waals surface area (Å²) in [5.74, 6) is -2.65. The fraction of sp³-hybridized carbons (Fsp3) is 0.171. The summed E-state index contributed by atoms with van der Waals surface area (Å²) in [6.07, 6.45) is 0. The maximum atomic E-state index is 13.6. The average molecular weight is 577 g/mol. The van der Waals surface area contributed by atoms with Crippen molar-refractivity contribution in [1.82, 2.24) is 4.57 Å². The highest BCUT2D eigenvalue weighted by atomic mass is 16.6. The molecule has 2 N–H and O–H groups in total. The monoisotopic (exact) mass is 576 g/mol. The number of aliphatic hydroxyl groups is 1. The van der Waals surface area contributed by atoms with Crippen LogP contribution < -0.4 is 5.32 Å². The van der Waals surface area contributed by atoms with Gasteiger partial charge in [-0.3, -0.25) is 4.79 Å². The second kappa shape index (κ2) is 12.8. The Balaban J connectivity index is 1.83. The van der Waals surface area contributed by atoms with Crippen LogP contribution >= 0.6 is 0 Å². The van der Waals surface area contributed by atoms with Crippen molar-refractivity contribution in [3.05, 3.63) is 126 Å². The highest BCUT2D eigenvalue weighted by Crippen LogP contribution is 2.44. The molecule has 0 saturated carbocycles. The highest BCUT2D eigenvalue weighted by molar-refractivity contribution is 6.12. The molecule has 0 fully saturated rings. The standard InChI is InChI=1S/C35H32N2O6/c1-3-42-33(39)35(41,34(40)43-4-2)31-30(26-19-11-13-21-28(26)36-32(38)25-17-9-6-10-18-25)27-20-12-14-22-29(27)37(31)23-24-15-7-5-8-16-24/h5-22,41H,3-4,23H2,1-2H3,(H,36,38). The molecule has 0 bridgehead atoms. The van der Waals surface area contributed by atoms with Gasteiger partial charge in [-0.2, -0.15) is 0 Å². The number of esters is 2. The number of nitrogens with one attached hydrogen (secondary N) is 1. The Labute approximate surface area is 249 Å². The summed E-state index contributed by atoms with van der Waals surface area (Å²) in [5.41, 5.74) is 0.455. The minimum Gasteiger partial charge on any atom is -0.463 e. The Morgan fingerprint density at radius 1 is 0.744 bits per heavy atom. The number of anilines is 1. The number of hydrogen-bond acceptors (Lipinski definition) is 6. The SMILES string of the molecule is CCOC(=O)C(O)(C(=O)OCC)c1c(-c2ccccc2NC(=O)c2ccccc2)c2ccccc2n1Cc1ccccc1.